The number of aryl methyl sites for hydroxylation is 2. The average Bonchev–Trinajstić information content (AvgIpc) is 2.82. The zero-order chi connectivity index (χ0) is 24.5. The summed E-state index contributed by atoms with van der Waals surface area (Å²) >= 11 is 0. The van der Waals surface area contributed by atoms with Crippen LogP contribution >= 0.6 is 0 Å². The first-order valence-corrected chi connectivity index (χ1v) is 12.0. The van der Waals surface area contributed by atoms with E-state index in [0.717, 1.165) is 27.8 Å². The average molecular weight is 457 g/mol. The van der Waals surface area contributed by atoms with Gasteiger partial charge in [-0.15, -0.1) is 0 Å². The van der Waals surface area contributed by atoms with E-state index in [0.29, 0.717) is 25.4 Å². The zero-order valence-corrected chi connectivity index (χ0v) is 20.8. The highest BCUT2D eigenvalue weighted by Crippen LogP contribution is 2.18. The molecule has 3 rings (SSSR count). The fourth-order valence-electron chi connectivity index (χ4n) is 3.97. The summed E-state index contributed by atoms with van der Waals surface area (Å²) in [5.41, 5.74) is 5.29. The van der Waals surface area contributed by atoms with Crippen molar-refractivity contribution in [2.24, 2.45) is 5.92 Å². The zero-order valence-electron chi connectivity index (χ0n) is 20.8. The van der Waals surface area contributed by atoms with E-state index in [-0.39, 0.29) is 18.2 Å². The summed E-state index contributed by atoms with van der Waals surface area (Å²) in [5, 5.41) is 3.07. The molecule has 2 amide bonds. The molecular formula is C30H36N2O2. The lowest BCUT2D eigenvalue weighted by Crippen LogP contribution is -2.51. The Hall–Kier alpha value is -3.40. The van der Waals surface area contributed by atoms with E-state index in [9.17, 15) is 9.59 Å². The first kappa shape index (κ1) is 25.2. The van der Waals surface area contributed by atoms with Crippen LogP contribution in [0.25, 0.3) is 0 Å². The van der Waals surface area contributed by atoms with E-state index in [4.69, 9.17) is 0 Å². The predicted octanol–water partition coefficient (Wildman–Crippen LogP) is 5.26. The van der Waals surface area contributed by atoms with Crippen LogP contribution in [0.2, 0.25) is 0 Å². The quantitative estimate of drug-likeness (QED) is 0.452. The molecule has 4 nitrogen and oxygen atoms in total. The summed E-state index contributed by atoms with van der Waals surface area (Å²) in [6.45, 7) is 9.18. The van der Waals surface area contributed by atoms with Gasteiger partial charge in [-0.1, -0.05) is 104 Å². The van der Waals surface area contributed by atoms with Crippen LogP contribution in [-0.4, -0.2) is 29.3 Å². The highest BCUT2D eigenvalue weighted by molar-refractivity contribution is 5.88. The third kappa shape index (κ3) is 7.58. The van der Waals surface area contributed by atoms with Gasteiger partial charge in [0, 0.05) is 19.5 Å². The monoisotopic (exact) mass is 456 g/mol. The Morgan fingerprint density at radius 3 is 2.12 bits per heavy atom. The highest BCUT2D eigenvalue weighted by atomic mass is 16.2. The van der Waals surface area contributed by atoms with Crippen LogP contribution in [0.5, 0.6) is 0 Å². The van der Waals surface area contributed by atoms with E-state index < -0.39 is 6.04 Å². The van der Waals surface area contributed by atoms with Crippen LogP contribution in [0.4, 0.5) is 0 Å². The van der Waals surface area contributed by atoms with Gasteiger partial charge in [-0.2, -0.15) is 0 Å². The molecule has 34 heavy (non-hydrogen) atoms. The summed E-state index contributed by atoms with van der Waals surface area (Å²) in [4.78, 5) is 28.9. The highest BCUT2D eigenvalue weighted by Gasteiger charge is 2.30. The third-order valence-electron chi connectivity index (χ3n) is 5.87. The van der Waals surface area contributed by atoms with Gasteiger partial charge in [0.05, 0.1) is 6.42 Å². The van der Waals surface area contributed by atoms with E-state index in [1.165, 1.54) is 0 Å². The van der Waals surface area contributed by atoms with Crippen molar-refractivity contribution >= 4 is 11.8 Å². The van der Waals surface area contributed by atoms with Crippen LogP contribution in [0.15, 0.2) is 78.9 Å². The number of nitrogens with one attached hydrogen (secondary N) is 1. The number of benzene rings is 3. The molecule has 0 aromatic heterocycles. The Balaban J connectivity index is 1.94. The molecule has 178 valence electrons. The normalized spacial score (nSPS) is 11.8. The standard InChI is InChI=1S/C30H36N2O2/c1-22(2)20-31-30(34)28(18-25-10-6-5-7-11-25)32(21-27-12-8-9-24(4)17-27)29(33)19-26-15-13-23(3)14-16-26/h5-17,22,28H,18-21H2,1-4H3,(H,31,34)/t28-/m0/s1. The third-order valence-corrected chi connectivity index (χ3v) is 5.87. The first-order chi connectivity index (χ1) is 16.3. The van der Waals surface area contributed by atoms with Gasteiger partial charge in [0.2, 0.25) is 11.8 Å². The van der Waals surface area contributed by atoms with E-state index in [2.05, 4.69) is 25.2 Å². The summed E-state index contributed by atoms with van der Waals surface area (Å²) in [6.07, 6.45) is 0.727. The van der Waals surface area contributed by atoms with Crippen molar-refractivity contribution in [3.05, 3.63) is 107 Å². The van der Waals surface area contributed by atoms with Gasteiger partial charge in [0.1, 0.15) is 6.04 Å². The van der Waals surface area contributed by atoms with Crippen molar-refractivity contribution in [1.29, 1.82) is 0 Å². The lowest BCUT2D eigenvalue weighted by molar-refractivity contribution is -0.140. The Morgan fingerprint density at radius 2 is 1.47 bits per heavy atom. The minimum Gasteiger partial charge on any atom is -0.354 e. The SMILES string of the molecule is Cc1ccc(CC(=O)N(Cc2cccc(C)c2)[C@@H](Cc2ccccc2)C(=O)NCC(C)C)cc1. The van der Waals surface area contributed by atoms with E-state index in [1.54, 1.807) is 4.90 Å². The Kier molecular flexibility index (Phi) is 9.03. The fourth-order valence-corrected chi connectivity index (χ4v) is 3.97. The second kappa shape index (κ2) is 12.2. The van der Waals surface area contributed by atoms with Gasteiger partial charge in [-0.25, -0.2) is 0 Å². The van der Waals surface area contributed by atoms with Gasteiger partial charge in [-0.05, 0) is 36.5 Å². The van der Waals surface area contributed by atoms with Gasteiger partial charge >= 0.3 is 0 Å². The summed E-state index contributed by atoms with van der Waals surface area (Å²) in [5.74, 6) is 0.170. The van der Waals surface area contributed by atoms with E-state index >= 15 is 0 Å². The lowest BCUT2D eigenvalue weighted by atomic mass is 10.0. The second-order valence-corrected chi connectivity index (χ2v) is 9.52. The van der Waals surface area contributed by atoms with Crippen molar-refractivity contribution in [3.8, 4) is 0 Å². The molecule has 3 aromatic rings. The molecule has 0 aliphatic heterocycles. The van der Waals surface area contributed by atoms with Crippen molar-refractivity contribution in [3.63, 3.8) is 0 Å². The molecule has 3 aromatic carbocycles. The molecule has 0 saturated carbocycles. The molecule has 0 saturated heterocycles. The Labute approximate surface area is 204 Å². The maximum absolute atomic E-state index is 13.7. The molecule has 1 N–H and O–H groups in total. The number of amides is 2. The smallest absolute Gasteiger partial charge is 0.243 e. The van der Waals surface area contributed by atoms with Crippen molar-refractivity contribution < 1.29 is 9.59 Å². The van der Waals surface area contributed by atoms with Crippen molar-refractivity contribution in [2.75, 3.05) is 6.54 Å². The second-order valence-electron chi connectivity index (χ2n) is 9.52. The van der Waals surface area contributed by atoms with Gasteiger partial charge in [0.25, 0.3) is 0 Å². The van der Waals surface area contributed by atoms with Crippen LogP contribution in [0.1, 0.15) is 41.7 Å². The molecule has 1 atom stereocenters. The van der Waals surface area contributed by atoms with Crippen LogP contribution in [0, 0.1) is 19.8 Å². The molecule has 0 heterocycles. The van der Waals surface area contributed by atoms with Crippen molar-refractivity contribution in [1.82, 2.24) is 10.2 Å². The molecule has 0 radical (unpaired) electrons. The number of nitrogens with zero attached hydrogens (tertiary/aromatic N) is 1. The molecule has 0 aliphatic rings. The topological polar surface area (TPSA) is 49.4 Å². The van der Waals surface area contributed by atoms with Crippen LogP contribution in [0.3, 0.4) is 0 Å². The van der Waals surface area contributed by atoms with Crippen LogP contribution < -0.4 is 5.32 Å². The number of hydrogen-bond acceptors (Lipinski definition) is 2. The predicted molar refractivity (Wildman–Crippen MR) is 138 cm³/mol. The van der Waals surface area contributed by atoms with Gasteiger partial charge in [0.15, 0.2) is 0 Å². The van der Waals surface area contributed by atoms with Crippen molar-refractivity contribution in [2.45, 2.75) is 53.1 Å². The summed E-state index contributed by atoms with van der Waals surface area (Å²) < 4.78 is 0. The molecule has 0 unspecified atom stereocenters. The number of rotatable bonds is 10. The largest absolute Gasteiger partial charge is 0.354 e. The molecule has 4 heteroatoms. The molecule has 0 fully saturated rings. The van der Waals surface area contributed by atoms with Crippen LogP contribution in [-0.2, 0) is 29.0 Å². The molecule has 0 spiro atoms. The molecule has 0 aliphatic carbocycles. The van der Waals surface area contributed by atoms with Gasteiger partial charge < -0.3 is 10.2 Å². The van der Waals surface area contributed by atoms with Gasteiger partial charge in [-0.3, -0.25) is 9.59 Å². The lowest BCUT2D eigenvalue weighted by Gasteiger charge is -2.32. The molecule has 0 bridgehead atoms. The Morgan fingerprint density at radius 1 is 0.794 bits per heavy atom. The first-order valence-electron chi connectivity index (χ1n) is 12.0. The maximum atomic E-state index is 13.7. The summed E-state index contributed by atoms with van der Waals surface area (Å²) in [6, 6.07) is 25.5. The maximum Gasteiger partial charge on any atom is 0.243 e. The number of carbonyl (C=O) groups is 2. The summed E-state index contributed by atoms with van der Waals surface area (Å²) in [7, 11) is 0. The molecular weight excluding hydrogens is 420 g/mol. The number of carbonyl (C=O) groups excluding carboxylic acids is 2. The Bertz CT molecular complexity index is 1070. The number of hydrogen-bond donors (Lipinski definition) is 1. The van der Waals surface area contributed by atoms with E-state index in [1.807, 2.05) is 86.6 Å². The minimum atomic E-state index is -0.598. The fraction of sp³-hybridized carbons (Fsp3) is 0.333. The minimum absolute atomic E-state index is 0.0500.